The highest BCUT2D eigenvalue weighted by Crippen LogP contribution is 2.30. The van der Waals surface area contributed by atoms with Gasteiger partial charge < -0.3 is 8.83 Å². The lowest BCUT2D eigenvalue weighted by molar-refractivity contribution is 0.516. The molecule has 0 unspecified atom stereocenters. The summed E-state index contributed by atoms with van der Waals surface area (Å²) in [6.07, 6.45) is 2.92. The summed E-state index contributed by atoms with van der Waals surface area (Å²) in [4.78, 5) is 12.5. The predicted octanol–water partition coefficient (Wildman–Crippen LogP) is 5.39. The van der Waals surface area contributed by atoms with Gasteiger partial charge in [-0.3, -0.25) is 0 Å². The summed E-state index contributed by atoms with van der Waals surface area (Å²) in [7, 11) is 0. The van der Waals surface area contributed by atoms with Crippen molar-refractivity contribution in [3.05, 3.63) is 107 Å². The Morgan fingerprint density at radius 3 is 2.31 bits per heavy atom. The van der Waals surface area contributed by atoms with Crippen molar-refractivity contribution in [1.29, 1.82) is 0 Å². The molecule has 0 bridgehead atoms. The lowest BCUT2D eigenvalue weighted by atomic mass is 9.95. The minimum absolute atomic E-state index is 0.320. The van der Waals surface area contributed by atoms with Crippen LogP contribution in [0.5, 0.6) is 0 Å². The summed E-state index contributed by atoms with van der Waals surface area (Å²) in [5.74, 6) is 1.48. The Hall–Kier alpha value is -3.33. The number of rotatable bonds is 5. The van der Waals surface area contributed by atoms with Crippen LogP contribution < -0.4 is 5.63 Å². The van der Waals surface area contributed by atoms with Crippen LogP contribution in [0.3, 0.4) is 0 Å². The Labute approximate surface area is 151 Å². The molecule has 2 aromatic carbocycles. The quantitative estimate of drug-likeness (QED) is 0.456. The van der Waals surface area contributed by atoms with Crippen molar-refractivity contribution in [3.8, 4) is 11.3 Å². The van der Waals surface area contributed by atoms with E-state index in [2.05, 4.69) is 6.58 Å². The zero-order valence-corrected chi connectivity index (χ0v) is 14.3. The first-order valence-electron chi connectivity index (χ1n) is 8.51. The first-order chi connectivity index (χ1) is 12.7. The van der Waals surface area contributed by atoms with E-state index in [1.807, 2.05) is 60.7 Å². The van der Waals surface area contributed by atoms with Crippen molar-refractivity contribution in [2.75, 3.05) is 0 Å². The lowest BCUT2D eigenvalue weighted by Gasteiger charge is -2.13. The number of hydrogen-bond acceptors (Lipinski definition) is 3. The van der Waals surface area contributed by atoms with Crippen LogP contribution in [0.2, 0.25) is 0 Å². The Kier molecular flexibility index (Phi) is 4.28. The molecule has 0 aliphatic carbocycles. The maximum absolute atomic E-state index is 12.5. The number of furan rings is 1. The van der Waals surface area contributed by atoms with Crippen molar-refractivity contribution in [2.45, 2.75) is 12.8 Å². The molecule has 0 radical (unpaired) electrons. The third-order valence-corrected chi connectivity index (χ3v) is 4.41. The SMILES string of the molecule is C=C(Cc1ccco1)Cc1c(-c2ccccc2)oc(=O)c2ccccc12. The van der Waals surface area contributed by atoms with Crippen LogP contribution >= 0.6 is 0 Å². The molecule has 2 heterocycles. The van der Waals surface area contributed by atoms with Gasteiger partial charge in [0.2, 0.25) is 0 Å². The number of fused-ring (bicyclic) bond motifs is 1. The average molecular weight is 342 g/mol. The molecule has 0 atom stereocenters. The van der Waals surface area contributed by atoms with Gasteiger partial charge in [-0.2, -0.15) is 0 Å². The molecular weight excluding hydrogens is 324 g/mol. The molecule has 3 heteroatoms. The zero-order chi connectivity index (χ0) is 17.9. The van der Waals surface area contributed by atoms with Gasteiger partial charge in [0.15, 0.2) is 0 Å². The molecular formula is C23H18O3. The van der Waals surface area contributed by atoms with Gasteiger partial charge in [0, 0.05) is 17.5 Å². The van der Waals surface area contributed by atoms with E-state index in [1.165, 1.54) is 0 Å². The summed E-state index contributed by atoms with van der Waals surface area (Å²) in [6.45, 7) is 4.21. The second kappa shape index (κ2) is 6.89. The van der Waals surface area contributed by atoms with Crippen LogP contribution in [-0.2, 0) is 12.8 Å². The molecule has 0 aliphatic heterocycles. The molecule has 4 aromatic rings. The smallest absolute Gasteiger partial charge is 0.344 e. The first kappa shape index (κ1) is 16.2. The molecule has 26 heavy (non-hydrogen) atoms. The van der Waals surface area contributed by atoms with Gasteiger partial charge >= 0.3 is 5.63 Å². The average Bonchev–Trinajstić information content (AvgIpc) is 3.17. The molecule has 0 saturated carbocycles. The minimum Gasteiger partial charge on any atom is -0.469 e. The summed E-state index contributed by atoms with van der Waals surface area (Å²) in [5.41, 5.74) is 2.54. The van der Waals surface area contributed by atoms with Crippen molar-refractivity contribution < 1.29 is 8.83 Å². The van der Waals surface area contributed by atoms with E-state index in [4.69, 9.17) is 8.83 Å². The molecule has 0 saturated heterocycles. The molecule has 128 valence electrons. The fraction of sp³-hybridized carbons (Fsp3) is 0.0870. The van der Waals surface area contributed by atoms with Crippen LogP contribution in [0.1, 0.15) is 11.3 Å². The van der Waals surface area contributed by atoms with Crippen molar-refractivity contribution in [3.63, 3.8) is 0 Å². The monoisotopic (exact) mass is 342 g/mol. The lowest BCUT2D eigenvalue weighted by Crippen LogP contribution is -2.06. The Bertz CT molecular complexity index is 1100. The Balaban J connectivity index is 1.84. The summed E-state index contributed by atoms with van der Waals surface area (Å²) < 4.78 is 11.2. The molecule has 3 nitrogen and oxygen atoms in total. The van der Waals surface area contributed by atoms with Gasteiger partial charge in [-0.1, -0.05) is 60.7 Å². The molecule has 4 rings (SSSR count). The second-order valence-electron chi connectivity index (χ2n) is 6.29. The maximum atomic E-state index is 12.5. The second-order valence-corrected chi connectivity index (χ2v) is 6.29. The van der Waals surface area contributed by atoms with E-state index in [0.717, 1.165) is 27.8 Å². The van der Waals surface area contributed by atoms with Crippen molar-refractivity contribution >= 4 is 10.8 Å². The van der Waals surface area contributed by atoms with Crippen LogP contribution in [0, 0.1) is 0 Å². The number of hydrogen-bond donors (Lipinski definition) is 0. The van der Waals surface area contributed by atoms with Crippen LogP contribution in [0.25, 0.3) is 22.1 Å². The highest BCUT2D eigenvalue weighted by Gasteiger charge is 2.16. The maximum Gasteiger partial charge on any atom is 0.344 e. The Morgan fingerprint density at radius 1 is 0.846 bits per heavy atom. The molecule has 0 N–H and O–H groups in total. The summed E-state index contributed by atoms with van der Waals surface area (Å²) >= 11 is 0. The van der Waals surface area contributed by atoms with E-state index in [1.54, 1.807) is 12.3 Å². The fourth-order valence-corrected chi connectivity index (χ4v) is 3.23. The van der Waals surface area contributed by atoms with Crippen molar-refractivity contribution in [2.24, 2.45) is 0 Å². The summed E-state index contributed by atoms with van der Waals surface area (Å²) in [6, 6.07) is 21.1. The van der Waals surface area contributed by atoms with Gasteiger partial charge in [0.25, 0.3) is 0 Å². The third-order valence-electron chi connectivity index (χ3n) is 4.41. The topological polar surface area (TPSA) is 43.4 Å². The third kappa shape index (κ3) is 3.11. The van der Waals surface area contributed by atoms with E-state index >= 15 is 0 Å². The standard InChI is InChI=1S/C23H18O3/c1-16(14-18-10-7-13-25-18)15-21-19-11-5-6-12-20(19)23(24)26-22(21)17-8-3-2-4-9-17/h2-13H,1,14-15H2. The normalized spacial score (nSPS) is 10.9. The zero-order valence-electron chi connectivity index (χ0n) is 14.3. The molecule has 0 spiro atoms. The van der Waals surface area contributed by atoms with E-state index < -0.39 is 0 Å². The molecule has 2 aromatic heterocycles. The molecule has 0 aliphatic rings. The number of allylic oxidation sites excluding steroid dienone is 1. The van der Waals surface area contributed by atoms with Gasteiger partial charge in [-0.25, -0.2) is 4.79 Å². The van der Waals surface area contributed by atoms with Gasteiger partial charge in [0.1, 0.15) is 11.5 Å². The number of benzene rings is 2. The minimum atomic E-state index is -0.320. The van der Waals surface area contributed by atoms with Crippen LogP contribution in [0.4, 0.5) is 0 Å². The van der Waals surface area contributed by atoms with Crippen LogP contribution in [-0.4, -0.2) is 0 Å². The molecule has 0 amide bonds. The van der Waals surface area contributed by atoms with E-state index in [0.29, 0.717) is 24.0 Å². The highest BCUT2D eigenvalue weighted by atomic mass is 16.4. The van der Waals surface area contributed by atoms with Gasteiger partial charge in [0.05, 0.1) is 11.6 Å². The van der Waals surface area contributed by atoms with Crippen molar-refractivity contribution in [1.82, 2.24) is 0 Å². The fourth-order valence-electron chi connectivity index (χ4n) is 3.23. The largest absolute Gasteiger partial charge is 0.469 e. The summed E-state index contributed by atoms with van der Waals surface area (Å²) in [5, 5.41) is 1.50. The molecule has 0 fully saturated rings. The first-order valence-corrected chi connectivity index (χ1v) is 8.51. The van der Waals surface area contributed by atoms with E-state index in [9.17, 15) is 4.79 Å². The van der Waals surface area contributed by atoms with Gasteiger partial charge in [-0.15, -0.1) is 0 Å². The van der Waals surface area contributed by atoms with E-state index in [-0.39, 0.29) is 5.63 Å². The van der Waals surface area contributed by atoms with Gasteiger partial charge in [-0.05, 0) is 30.0 Å². The highest BCUT2D eigenvalue weighted by molar-refractivity contribution is 5.88. The van der Waals surface area contributed by atoms with Crippen LogP contribution in [0.15, 0.2) is 98.8 Å². The predicted molar refractivity (Wildman–Crippen MR) is 103 cm³/mol. The Morgan fingerprint density at radius 2 is 1.58 bits per heavy atom.